The molecule has 8 nitrogen and oxygen atoms in total. The Morgan fingerprint density at radius 2 is 1.80 bits per heavy atom. The Bertz CT molecular complexity index is 1670. The largest absolute Gasteiger partial charge is 0.404 e. The first kappa shape index (κ1) is 31.4. The number of anilines is 1. The Kier molecular flexibility index (Phi) is 9.77. The number of piperazine rings is 1. The molecule has 44 heavy (non-hydrogen) atoms. The van der Waals surface area contributed by atoms with Gasteiger partial charge >= 0.3 is 0 Å². The van der Waals surface area contributed by atoms with Crippen LogP contribution in [0.1, 0.15) is 35.4 Å². The second-order valence-electron chi connectivity index (χ2n) is 11.2. The number of benzene rings is 3. The Morgan fingerprint density at radius 3 is 2.50 bits per heavy atom. The van der Waals surface area contributed by atoms with Crippen molar-refractivity contribution < 1.29 is 17.2 Å². The van der Waals surface area contributed by atoms with Crippen molar-refractivity contribution in [2.75, 3.05) is 51.0 Å². The molecule has 3 aromatic rings. The summed E-state index contributed by atoms with van der Waals surface area (Å²) in [6.07, 6.45) is 3.17. The summed E-state index contributed by atoms with van der Waals surface area (Å²) in [5, 5.41) is 3.35. The van der Waals surface area contributed by atoms with Crippen LogP contribution in [0.3, 0.4) is 0 Å². The van der Waals surface area contributed by atoms with Crippen LogP contribution in [0.15, 0.2) is 101 Å². The van der Waals surface area contributed by atoms with Gasteiger partial charge in [-0.15, -0.1) is 0 Å². The Balaban J connectivity index is 1.28. The summed E-state index contributed by atoms with van der Waals surface area (Å²) in [6, 6.07) is 17.3. The van der Waals surface area contributed by atoms with Gasteiger partial charge in [0.1, 0.15) is 22.4 Å². The molecule has 0 aromatic heterocycles. The molecule has 1 unspecified atom stereocenters. The molecule has 4 N–H and O–H groups in total. The first-order chi connectivity index (χ1) is 21.1. The zero-order valence-electron chi connectivity index (χ0n) is 24.8. The zero-order valence-corrected chi connectivity index (χ0v) is 25.6. The van der Waals surface area contributed by atoms with Crippen LogP contribution in [-0.2, 0) is 10.0 Å². The number of rotatable bonds is 10. The fourth-order valence-corrected chi connectivity index (χ4v) is 6.78. The predicted molar refractivity (Wildman–Crippen MR) is 171 cm³/mol. The van der Waals surface area contributed by atoms with E-state index in [4.69, 9.17) is 10.7 Å². The second-order valence-corrected chi connectivity index (χ2v) is 12.8. The Morgan fingerprint density at radius 1 is 1.07 bits per heavy atom. The molecule has 0 spiro atoms. The number of nitrogens with one attached hydrogen (secondary N) is 2. The minimum Gasteiger partial charge on any atom is -0.404 e. The van der Waals surface area contributed by atoms with Gasteiger partial charge in [-0.3, -0.25) is 4.72 Å². The molecule has 1 atom stereocenters. The summed E-state index contributed by atoms with van der Waals surface area (Å²) in [4.78, 5) is 9.07. The van der Waals surface area contributed by atoms with E-state index in [1.54, 1.807) is 18.3 Å². The standard InChI is InChI=1S/C33H38F2N6O2S/c1-23(37-14-5-15-41-18-16-40(2)17-19-41)38-33-25(22-36)20-30(28-6-3-4-7-29(28)33)24-8-11-27(12-9-24)39-44(42,43)32-13-10-26(34)21-31(32)35/h3-4,6-13,21-22,30,37,39H,1,5,14-20,36H2,2H3/b25-22-,38-33+. The maximum Gasteiger partial charge on any atom is 0.264 e. The molecule has 1 saturated heterocycles. The van der Waals surface area contributed by atoms with Gasteiger partial charge < -0.3 is 20.9 Å². The van der Waals surface area contributed by atoms with E-state index >= 15 is 0 Å². The van der Waals surface area contributed by atoms with Gasteiger partial charge in [0.15, 0.2) is 0 Å². The van der Waals surface area contributed by atoms with E-state index in [1.807, 2.05) is 30.3 Å². The molecule has 0 amide bonds. The van der Waals surface area contributed by atoms with E-state index in [9.17, 15) is 17.2 Å². The van der Waals surface area contributed by atoms with Gasteiger partial charge in [-0.1, -0.05) is 43.0 Å². The summed E-state index contributed by atoms with van der Waals surface area (Å²) in [5.41, 5.74) is 11.0. The smallest absolute Gasteiger partial charge is 0.264 e. The lowest BCUT2D eigenvalue weighted by atomic mass is 9.76. The highest BCUT2D eigenvalue weighted by Crippen LogP contribution is 2.39. The zero-order chi connectivity index (χ0) is 31.3. The minimum atomic E-state index is -4.25. The van der Waals surface area contributed by atoms with Gasteiger partial charge in [-0.05, 0) is 73.6 Å². The molecule has 1 aliphatic carbocycles. The molecule has 1 fully saturated rings. The fraction of sp³-hybridized carbons (Fsp3) is 0.303. The van der Waals surface area contributed by atoms with Crippen molar-refractivity contribution in [2.45, 2.75) is 23.7 Å². The van der Waals surface area contributed by atoms with E-state index < -0.39 is 26.6 Å². The predicted octanol–water partition coefficient (Wildman–Crippen LogP) is 4.63. The van der Waals surface area contributed by atoms with Crippen LogP contribution in [-0.4, -0.2) is 70.2 Å². The van der Waals surface area contributed by atoms with Crippen LogP contribution in [0.5, 0.6) is 0 Å². The SMILES string of the molecule is C=C(/N=C1\C(=C/N)CC(c2ccc(NS(=O)(=O)c3ccc(F)cc3F)cc2)c2ccccc21)NCCCN1CCN(C)CC1. The van der Waals surface area contributed by atoms with Crippen LogP contribution in [0.4, 0.5) is 14.5 Å². The Labute approximate surface area is 258 Å². The second kappa shape index (κ2) is 13.7. The molecule has 1 heterocycles. The number of likely N-dealkylation sites (N-methyl/N-ethyl adjacent to an activating group) is 1. The van der Waals surface area contributed by atoms with Gasteiger partial charge in [-0.25, -0.2) is 22.2 Å². The van der Waals surface area contributed by atoms with Crippen molar-refractivity contribution in [3.05, 3.63) is 119 Å². The highest BCUT2D eigenvalue weighted by Gasteiger charge is 2.29. The first-order valence-electron chi connectivity index (χ1n) is 14.7. The van der Waals surface area contributed by atoms with Crippen molar-refractivity contribution in [1.82, 2.24) is 15.1 Å². The lowest BCUT2D eigenvalue weighted by Gasteiger charge is -2.32. The maximum absolute atomic E-state index is 14.1. The topological polar surface area (TPSA) is 103 Å². The molecule has 5 rings (SSSR count). The van der Waals surface area contributed by atoms with Crippen molar-refractivity contribution in [2.24, 2.45) is 10.7 Å². The minimum absolute atomic E-state index is 0.0510. The molecular weight excluding hydrogens is 582 g/mol. The third-order valence-corrected chi connectivity index (χ3v) is 9.51. The first-order valence-corrected chi connectivity index (χ1v) is 16.1. The van der Waals surface area contributed by atoms with Crippen molar-refractivity contribution in [1.29, 1.82) is 0 Å². The van der Waals surface area contributed by atoms with E-state index in [0.717, 1.165) is 85.8 Å². The average molecular weight is 621 g/mol. The molecule has 3 aromatic carbocycles. The van der Waals surface area contributed by atoms with Crippen molar-refractivity contribution in [3.8, 4) is 0 Å². The number of allylic oxidation sites excluding steroid dienone is 1. The van der Waals surface area contributed by atoms with Gasteiger partial charge in [0, 0.05) is 56.0 Å². The molecule has 232 valence electrons. The third kappa shape index (κ3) is 7.35. The number of hydrogen-bond donors (Lipinski definition) is 3. The van der Waals surface area contributed by atoms with Crippen LogP contribution in [0, 0.1) is 11.6 Å². The summed E-state index contributed by atoms with van der Waals surface area (Å²) in [6.45, 7) is 10.3. The van der Waals surface area contributed by atoms with Gasteiger partial charge in [0.2, 0.25) is 0 Å². The van der Waals surface area contributed by atoms with E-state index in [1.165, 1.54) is 0 Å². The van der Waals surface area contributed by atoms with Gasteiger partial charge in [0.25, 0.3) is 10.0 Å². The van der Waals surface area contributed by atoms with Crippen molar-refractivity contribution in [3.63, 3.8) is 0 Å². The number of hydrogen-bond acceptors (Lipinski definition) is 7. The fourth-order valence-electron chi connectivity index (χ4n) is 5.66. The lowest BCUT2D eigenvalue weighted by Crippen LogP contribution is -2.45. The highest BCUT2D eigenvalue weighted by molar-refractivity contribution is 7.92. The normalized spacial score (nSPS) is 19.6. The quantitative estimate of drug-likeness (QED) is 0.286. The monoisotopic (exact) mass is 620 g/mol. The number of fused-ring (bicyclic) bond motifs is 1. The van der Waals surface area contributed by atoms with Gasteiger partial charge in [-0.2, -0.15) is 0 Å². The van der Waals surface area contributed by atoms with E-state index in [-0.39, 0.29) is 11.6 Å². The molecule has 11 heteroatoms. The molecule has 1 aliphatic heterocycles. The molecule has 0 radical (unpaired) electrons. The number of halogens is 2. The van der Waals surface area contributed by atoms with E-state index in [0.29, 0.717) is 18.3 Å². The summed E-state index contributed by atoms with van der Waals surface area (Å²) in [7, 11) is -2.09. The number of aliphatic imine (C=N–C) groups is 1. The lowest BCUT2D eigenvalue weighted by molar-refractivity contribution is 0.153. The number of nitrogens with two attached hydrogens (primary N) is 1. The van der Waals surface area contributed by atoms with Crippen LogP contribution in [0.2, 0.25) is 0 Å². The average Bonchev–Trinajstić information content (AvgIpc) is 3.00. The van der Waals surface area contributed by atoms with E-state index in [2.05, 4.69) is 39.5 Å². The van der Waals surface area contributed by atoms with Crippen LogP contribution in [0.25, 0.3) is 0 Å². The molecule has 0 bridgehead atoms. The Hall–Kier alpha value is -4.06. The summed E-state index contributed by atoms with van der Waals surface area (Å²) < 4.78 is 55.3. The molecule has 0 saturated carbocycles. The third-order valence-electron chi connectivity index (χ3n) is 8.09. The maximum atomic E-state index is 14.1. The van der Waals surface area contributed by atoms with Crippen LogP contribution < -0.4 is 15.8 Å². The van der Waals surface area contributed by atoms with Crippen LogP contribution >= 0.6 is 0 Å². The summed E-state index contributed by atoms with van der Waals surface area (Å²) in [5.74, 6) is -1.48. The molecule has 2 aliphatic rings. The molecular formula is C33H38F2N6O2S. The van der Waals surface area contributed by atoms with Crippen molar-refractivity contribution >= 4 is 21.4 Å². The van der Waals surface area contributed by atoms with Gasteiger partial charge in [0.05, 0.1) is 5.71 Å². The highest BCUT2D eigenvalue weighted by atomic mass is 32.2. The number of nitrogens with zero attached hydrogens (tertiary/aromatic N) is 3. The number of sulfonamides is 1. The summed E-state index contributed by atoms with van der Waals surface area (Å²) >= 11 is 0.